The van der Waals surface area contributed by atoms with E-state index in [4.69, 9.17) is 9.15 Å². The molecule has 0 spiro atoms. The van der Waals surface area contributed by atoms with E-state index in [1.165, 1.54) is 71.6 Å². The average Bonchev–Trinajstić information content (AvgIpc) is 3.63. The van der Waals surface area contributed by atoms with Crippen LogP contribution in [-0.4, -0.2) is 0 Å². The van der Waals surface area contributed by atoms with Gasteiger partial charge in [0.05, 0.1) is 0 Å². The SMILES string of the molecule is CC1(C)c2cc(-c3ccc4c5c(cccc35)-c3ccccc3O4)ccc2-c2ccc3c(-c4ccc5c(c4)oc4ccccc45)cccc3c21. The van der Waals surface area contributed by atoms with Crippen molar-refractivity contribution in [3.05, 3.63) is 157 Å². The highest BCUT2D eigenvalue weighted by molar-refractivity contribution is 6.11. The molecule has 8 aromatic carbocycles. The van der Waals surface area contributed by atoms with Crippen LogP contribution in [0.5, 0.6) is 11.5 Å². The van der Waals surface area contributed by atoms with E-state index in [9.17, 15) is 0 Å². The predicted octanol–water partition coefficient (Wildman–Crippen LogP) is 13.3. The first kappa shape index (κ1) is 26.9. The maximum absolute atomic E-state index is 6.40. The van der Waals surface area contributed by atoms with Gasteiger partial charge in [-0.1, -0.05) is 123 Å². The molecule has 230 valence electrons. The summed E-state index contributed by atoms with van der Waals surface area (Å²) < 4.78 is 12.7. The second-order valence-electron chi connectivity index (χ2n) is 14.0. The van der Waals surface area contributed by atoms with Crippen molar-refractivity contribution in [3.8, 4) is 56.0 Å². The van der Waals surface area contributed by atoms with Crippen LogP contribution in [0.15, 0.2) is 150 Å². The zero-order valence-electron chi connectivity index (χ0n) is 27.2. The molecule has 0 radical (unpaired) electrons. The Morgan fingerprint density at radius 3 is 2.00 bits per heavy atom. The van der Waals surface area contributed by atoms with Crippen molar-refractivity contribution in [2.24, 2.45) is 0 Å². The number of para-hydroxylation sites is 2. The Bertz CT molecular complexity index is 2880. The zero-order valence-corrected chi connectivity index (χ0v) is 27.2. The van der Waals surface area contributed by atoms with Crippen LogP contribution < -0.4 is 4.74 Å². The smallest absolute Gasteiger partial charge is 0.136 e. The maximum atomic E-state index is 6.40. The fourth-order valence-electron chi connectivity index (χ4n) is 8.83. The normalized spacial score (nSPS) is 13.8. The van der Waals surface area contributed by atoms with E-state index in [2.05, 4.69) is 141 Å². The molecule has 0 saturated carbocycles. The van der Waals surface area contributed by atoms with Crippen LogP contribution in [-0.2, 0) is 5.41 Å². The third-order valence-corrected chi connectivity index (χ3v) is 11.1. The summed E-state index contributed by atoms with van der Waals surface area (Å²) in [7, 11) is 0. The van der Waals surface area contributed by atoms with Gasteiger partial charge in [-0.05, 0) is 103 Å². The minimum Gasteiger partial charge on any atom is -0.456 e. The van der Waals surface area contributed by atoms with Crippen molar-refractivity contribution >= 4 is 43.5 Å². The molecule has 0 amide bonds. The second kappa shape index (κ2) is 9.49. The minimum absolute atomic E-state index is 0.185. The monoisotopic (exact) mass is 626 g/mol. The van der Waals surface area contributed by atoms with Crippen LogP contribution in [0.3, 0.4) is 0 Å². The van der Waals surface area contributed by atoms with Crippen LogP contribution in [0.25, 0.3) is 88.0 Å². The van der Waals surface area contributed by atoms with Gasteiger partial charge in [0, 0.05) is 27.1 Å². The summed E-state index contributed by atoms with van der Waals surface area (Å²) in [5, 5.41) is 7.28. The van der Waals surface area contributed by atoms with Crippen molar-refractivity contribution in [1.29, 1.82) is 0 Å². The summed E-state index contributed by atoms with van der Waals surface area (Å²) in [4.78, 5) is 0. The summed E-state index contributed by atoms with van der Waals surface area (Å²) >= 11 is 0. The van der Waals surface area contributed by atoms with Crippen molar-refractivity contribution in [2.45, 2.75) is 19.3 Å². The lowest BCUT2D eigenvalue weighted by molar-refractivity contribution is 0.487. The Morgan fingerprint density at radius 1 is 0.408 bits per heavy atom. The molecule has 1 aromatic heterocycles. The molecule has 11 rings (SSSR count). The molecular weight excluding hydrogens is 597 g/mol. The number of furan rings is 1. The van der Waals surface area contributed by atoms with E-state index in [1.54, 1.807) is 0 Å². The highest BCUT2D eigenvalue weighted by atomic mass is 16.5. The fourth-order valence-corrected chi connectivity index (χ4v) is 8.83. The van der Waals surface area contributed by atoms with Crippen LogP contribution in [0.4, 0.5) is 0 Å². The van der Waals surface area contributed by atoms with Crippen LogP contribution in [0.1, 0.15) is 25.0 Å². The molecule has 0 atom stereocenters. The largest absolute Gasteiger partial charge is 0.456 e. The predicted molar refractivity (Wildman–Crippen MR) is 203 cm³/mol. The Morgan fingerprint density at radius 2 is 1.06 bits per heavy atom. The lowest BCUT2D eigenvalue weighted by Gasteiger charge is -2.25. The third kappa shape index (κ3) is 3.61. The zero-order chi connectivity index (χ0) is 32.4. The number of ether oxygens (including phenoxy) is 1. The third-order valence-electron chi connectivity index (χ3n) is 11.1. The molecule has 2 heteroatoms. The van der Waals surface area contributed by atoms with E-state index >= 15 is 0 Å². The summed E-state index contributed by atoms with van der Waals surface area (Å²) in [5.41, 5.74) is 14.3. The van der Waals surface area contributed by atoms with Crippen molar-refractivity contribution in [1.82, 2.24) is 0 Å². The van der Waals surface area contributed by atoms with Gasteiger partial charge in [0.15, 0.2) is 0 Å². The van der Waals surface area contributed by atoms with Gasteiger partial charge in [0.2, 0.25) is 0 Å². The molecule has 9 aromatic rings. The van der Waals surface area contributed by atoms with Gasteiger partial charge in [-0.15, -0.1) is 0 Å². The molecular formula is C47H30O2. The Kier molecular flexibility index (Phi) is 5.21. The topological polar surface area (TPSA) is 22.4 Å². The van der Waals surface area contributed by atoms with Gasteiger partial charge in [0.1, 0.15) is 22.7 Å². The summed E-state index contributed by atoms with van der Waals surface area (Å²) in [5.74, 6) is 1.83. The lowest BCUT2D eigenvalue weighted by atomic mass is 9.79. The van der Waals surface area contributed by atoms with Gasteiger partial charge < -0.3 is 9.15 Å². The van der Waals surface area contributed by atoms with Gasteiger partial charge in [-0.2, -0.15) is 0 Å². The van der Waals surface area contributed by atoms with Crippen molar-refractivity contribution in [2.75, 3.05) is 0 Å². The molecule has 2 aliphatic rings. The van der Waals surface area contributed by atoms with Gasteiger partial charge in [0.25, 0.3) is 0 Å². The van der Waals surface area contributed by atoms with Gasteiger partial charge in [-0.3, -0.25) is 0 Å². The van der Waals surface area contributed by atoms with E-state index < -0.39 is 0 Å². The average molecular weight is 627 g/mol. The Hall–Kier alpha value is -6.12. The first-order valence-corrected chi connectivity index (χ1v) is 17.0. The van der Waals surface area contributed by atoms with Gasteiger partial charge >= 0.3 is 0 Å². The quantitative estimate of drug-likeness (QED) is 0.190. The molecule has 1 aliphatic heterocycles. The molecule has 0 unspecified atom stereocenters. The Balaban J connectivity index is 1.05. The standard InChI is InChI=1S/C47H30O2/c1-47(2)40-25-27(30-23-24-43-45-36(30)12-8-13-37(45)34-10-4-6-16-42(34)48-43)17-19-32(40)39-22-21-31-29(11-7-14-38(31)46(39)47)28-18-20-35-33-9-3-5-15-41(33)49-44(35)26-28/h3-26H,1-2H3. The van der Waals surface area contributed by atoms with Crippen molar-refractivity contribution < 1.29 is 9.15 Å². The number of rotatable bonds is 2. The highest BCUT2D eigenvalue weighted by Gasteiger charge is 2.37. The van der Waals surface area contributed by atoms with Crippen LogP contribution in [0.2, 0.25) is 0 Å². The summed E-state index contributed by atoms with van der Waals surface area (Å²) in [6, 6.07) is 52.7. The second-order valence-corrected chi connectivity index (χ2v) is 14.0. The van der Waals surface area contributed by atoms with Crippen LogP contribution >= 0.6 is 0 Å². The summed E-state index contributed by atoms with van der Waals surface area (Å²) in [6.07, 6.45) is 0. The number of benzene rings is 8. The molecule has 49 heavy (non-hydrogen) atoms. The maximum Gasteiger partial charge on any atom is 0.136 e. The fraction of sp³-hybridized carbons (Fsp3) is 0.0638. The lowest BCUT2D eigenvalue weighted by Crippen LogP contribution is -2.15. The molecule has 0 N–H and O–H groups in total. The highest BCUT2D eigenvalue weighted by Crippen LogP contribution is 2.54. The minimum atomic E-state index is -0.185. The molecule has 2 nitrogen and oxygen atoms in total. The van der Waals surface area contributed by atoms with E-state index in [1.807, 2.05) is 18.2 Å². The Labute approximate surface area is 283 Å². The van der Waals surface area contributed by atoms with Gasteiger partial charge in [-0.25, -0.2) is 0 Å². The van der Waals surface area contributed by atoms with E-state index in [0.29, 0.717) is 0 Å². The summed E-state index contributed by atoms with van der Waals surface area (Å²) in [6.45, 7) is 4.77. The molecule has 0 fully saturated rings. The van der Waals surface area contributed by atoms with Crippen LogP contribution in [0, 0.1) is 0 Å². The number of hydrogen-bond acceptors (Lipinski definition) is 2. The first-order chi connectivity index (χ1) is 24.0. The molecule has 0 saturated heterocycles. The number of fused-ring (bicyclic) bond motifs is 10. The first-order valence-electron chi connectivity index (χ1n) is 17.0. The van der Waals surface area contributed by atoms with Crippen molar-refractivity contribution in [3.63, 3.8) is 0 Å². The molecule has 0 bridgehead atoms. The molecule has 2 heterocycles. The number of hydrogen-bond donors (Lipinski definition) is 0. The van der Waals surface area contributed by atoms with E-state index in [0.717, 1.165) is 39.0 Å². The van der Waals surface area contributed by atoms with E-state index in [-0.39, 0.29) is 5.41 Å². The molecule has 1 aliphatic carbocycles.